The molecule has 7 nitrogen and oxygen atoms in total. The highest BCUT2D eigenvalue weighted by molar-refractivity contribution is 7.15. The van der Waals surface area contributed by atoms with Crippen molar-refractivity contribution in [1.29, 1.82) is 0 Å². The lowest BCUT2D eigenvalue weighted by molar-refractivity contribution is 0.251. The van der Waals surface area contributed by atoms with E-state index in [4.69, 9.17) is 4.42 Å². The minimum absolute atomic E-state index is 0.265. The maximum Gasteiger partial charge on any atom is 0.321 e. The normalized spacial score (nSPS) is 10.5. The smallest absolute Gasteiger partial charge is 0.321 e. The maximum absolute atomic E-state index is 11.8. The van der Waals surface area contributed by atoms with Gasteiger partial charge in [-0.25, -0.2) is 9.78 Å². The molecule has 0 unspecified atom stereocenters. The van der Waals surface area contributed by atoms with Crippen molar-refractivity contribution in [2.75, 3.05) is 5.32 Å². The fourth-order valence-corrected chi connectivity index (χ4v) is 2.54. The number of oxazole rings is 1. The van der Waals surface area contributed by atoms with E-state index >= 15 is 0 Å². The van der Waals surface area contributed by atoms with E-state index in [1.807, 2.05) is 37.3 Å². The Balaban J connectivity index is 1.54. The average Bonchev–Trinajstić information content (AvgIpc) is 3.23. The quantitative estimate of drug-likeness (QED) is 0.750. The summed E-state index contributed by atoms with van der Waals surface area (Å²) in [6, 6.07) is 9.23. The van der Waals surface area contributed by atoms with Crippen LogP contribution in [0.25, 0.3) is 11.5 Å². The minimum Gasteiger partial charge on any atom is -0.444 e. The van der Waals surface area contributed by atoms with Crippen LogP contribution in [0.4, 0.5) is 9.93 Å². The molecule has 0 spiro atoms. The predicted octanol–water partition coefficient (Wildman–Crippen LogP) is 3.08. The Morgan fingerprint density at radius 3 is 2.83 bits per heavy atom. The molecule has 3 aromatic rings. The zero-order valence-corrected chi connectivity index (χ0v) is 13.3. The molecule has 118 valence electrons. The van der Waals surface area contributed by atoms with Gasteiger partial charge in [-0.05, 0) is 18.6 Å². The first-order valence-electron chi connectivity index (χ1n) is 7.11. The Morgan fingerprint density at radius 2 is 2.09 bits per heavy atom. The number of hydrogen-bond donors (Lipinski definition) is 2. The first-order valence-corrected chi connectivity index (χ1v) is 7.93. The average molecular weight is 329 g/mol. The number of nitrogens with zero attached hydrogens (tertiary/aromatic N) is 3. The summed E-state index contributed by atoms with van der Waals surface area (Å²) in [6.45, 7) is 2.25. The van der Waals surface area contributed by atoms with Crippen molar-refractivity contribution >= 4 is 22.5 Å². The maximum atomic E-state index is 11.8. The number of aryl methyl sites for hydroxylation is 1. The van der Waals surface area contributed by atoms with Gasteiger partial charge in [-0.2, -0.15) is 0 Å². The zero-order chi connectivity index (χ0) is 16.1. The molecule has 0 aliphatic rings. The molecule has 2 aromatic heterocycles. The van der Waals surface area contributed by atoms with E-state index in [9.17, 15) is 4.79 Å². The third-order valence-electron chi connectivity index (χ3n) is 2.99. The van der Waals surface area contributed by atoms with Crippen LogP contribution in [0.3, 0.4) is 0 Å². The molecule has 0 atom stereocenters. The number of amides is 2. The van der Waals surface area contributed by atoms with Gasteiger partial charge in [0.1, 0.15) is 11.3 Å². The Hall–Kier alpha value is -2.74. The topological polar surface area (TPSA) is 92.9 Å². The van der Waals surface area contributed by atoms with Gasteiger partial charge in [0, 0.05) is 5.56 Å². The van der Waals surface area contributed by atoms with Crippen molar-refractivity contribution in [3.05, 3.63) is 47.3 Å². The fraction of sp³-hybridized carbons (Fsp3) is 0.200. The highest BCUT2D eigenvalue weighted by Gasteiger charge is 2.09. The molecule has 8 heteroatoms. The molecule has 23 heavy (non-hydrogen) atoms. The van der Waals surface area contributed by atoms with Crippen molar-refractivity contribution in [2.45, 2.75) is 19.9 Å². The first kappa shape index (κ1) is 15.2. The number of benzene rings is 1. The largest absolute Gasteiger partial charge is 0.444 e. The van der Waals surface area contributed by atoms with Gasteiger partial charge in [-0.1, -0.05) is 36.5 Å². The van der Waals surface area contributed by atoms with Gasteiger partial charge in [0.05, 0.1) is 12.2 Å². The van der Waals surface area contributed by atoms with Crippen molar-refractivity contribution in [3.63, 3.8) is 0 Å². The van der Waals surface area contributed by atoms with Crippen molar-refractivity contribution in [2.24, 2.45) is 0 Å². The molecule has 2 heterocycles. The summed E-state index contributed by atoms with van der Waals surface area (Å²) >= 11 is 1.36. The Labute approximate surface area is 136 Å². The molecular formula is C15H15N5O2S. The lowest BCUT2D eigenvalue weighted by Crippen LogP contribution is -2.28. The SMILES string of the molecule is CCc1nnc(NC(=O)NCc2coc(-c3ccccc3)n2)s1. The monoisotopic (exact) mass is 329 g/mol. The van der Waals surface area contributed by atoms with Crippen molar-refractivity contribution in [3.8, 4) is 11.5 Å². The molecule has 1 aromatic carbocycles. The van der Waals surface area contributed by atoms with E-state index < -0.39 is 0 Å². The first-order chi connectivity index (χ1) is 11.2. The minimum atomic E-state index is -0.354. The molecular weight excluding hydrogens is 314 g/mol. The van der Waals surface area contributed by atoms with Crippen LogP contribution in [-0.2, 0) is 13.0 Å². The lowest BCUT2D eigenvalue weighted by atomic mass is 10.2. The van der Waals surface area contributed by atoms with Crippen LogP contribution in [0.2, 0.25) is 0 Å². The molecule has 0 bridgehead atoms. The molecule has 0 aliphatic heterocycles. The van der Waals surface area contributed by atoms with Gasteiger partial charge in [0.2, 0.25) is 11.0 Å². The van der Waals surface area contributed by atoms with E-state index in [1.165, 1.54) is 17.6 Å². The van der Waals surface area contributed by atoms with Crippen LogP contribution in [-0.4, -0.2) is 21.2 Å². The summed E-state index contributed by atoms with van der Waals surface area (Å²) < 4.78 is 5.42. The van der Waals surface area contributed by atoms with Gasteiger partial charge >= 0.3 is 6.03 Å². The number of carbonyl (C=O) groups excluding carboxylic acids is 1. The van der Waals surface area contributed by atoms with Crippen LogP contribution in [0.1, 0.15) is 17.6 Å². The van der Waals surface area contributed by atoms with Crippen LogP contribution < -0.4 is 10.6 Å². The summed E-state index contributed by atoms with van der Waals surface area (Å²) in [5.41, 5.74) is 1.54. The Bertz CT molecular complexity index is 784. The Kier molecular flexibility index (Phi) is 4.62. The second kappa shape index (κ2) is 7.01. The second-order valence-electron chi connectivity index (χ2n) is 4.67. The summed E-state index contributed by atoms with van der Waals surface area (Å²) in [5, 5.41) is 14.5. The van der Waals surface area contributed by atoms with E-state index in [0.29, 0.717) is 16.7 Å². The van der Waals surface area contributed by atoms with E-state index in [0.717, 1.165) is 17.0 Å². The number of carbonyl (C=O) groups is 1. The van der Waals surface area contributed by atoms with Crippen LogP contribution in [0.15, 0.2) is 41.0 Å². The molecule has 3 rings (SSSR count). The molecule has 2 N–H and O–H groups in total. The van der Waals surface area contributed by atoms with Crippen LogP contribution in [0.5, 0.6) is 0 Å². The summed E-state index contributed by atoms with van der Waals surface area (Å²) in [6.07, 6.45) is 2.32. The predicted molar refractivity (Wildman–Crippen MR) is 87.1 cm³/mol. The lowest BCUT2D eigenvalue weighted by Gasteiger charge is -2.02. The number of nitrogens with one attached hydrogen (secondary N) is 2. The van der Waals surface area contributed by atoms with Gasteiger partial charge in [-0.15, -0.1) is 10.2 Å². The molecule has 2 amide bonds. The highest BCUT2D eigenvalue weighted by atomic mass is 32.1. The second-order valence-corrected chi connectivity index (χ2v) is 5.73. The van der Waals surface area contributed by atoms with E-state index in [-0.39, 0.29) is 12.6 Å². The van der Waals surface area contributed by atoms with Gasteiger partial charge < -0.3 is 9.73 Å². The summed E-state index contributed by atoms with van der Waals surface area (Å²) in [5.74, 6) is 0.527. The third kappa shape index (κ3) is 3.92. The third-order valence-corrected chi connectivity index (χ3v) is 3.98. The number of anilines is 1. The van der Waals surface area contributed by atoms with E-state index in [2.05, 4.69) is 25.8 Å². The van der Waals surface area contributed by atoms with Crippen molar-refractivity contribution < 1.29 is 9.21 Å². The number of aromatic nitrogens is 3. The van der Waals surface area contributed by atoms with E-state index in [1.54, 1.807) is 0 Å². The highest BCUT2D eigenvalue weighted by Crippen LogP contribution is 2.18. The Morgan fingerprint density at radius 1 is 1.26 bits per heavy atom. The molecule has 0 fully saturated rings. The number of hydrogen-bond acceptors (Lipinski definition) is 6. The molecule has 0 radical (unpaired) electrons. The van der Waals surface area contributed by atoms with Gasteiger partial charge in [-0.3, -0.25) is 5.32 Å². The molecule has 0 saturated carbocycles. The van der Waals surface area contributed by atoms with Crippen LogP contribution >= 0.6 is 11.3 Å². The summed E-state index contributed by atoms with van der Waals surface area (Å²) in [4.78, 5) is 16.2. The van der Waals surface area contributed by atoms with Gasteiger partial charge in [0.15, 0.2) is 0 Å². The fourth-order valence-electron chi connectivity index (χ4n) is 1.86. The molecule has 0 aliphatic carbocycles. The number of rotatable bonds is 5. The standard InChI is InChI=1S/C15H15N5O2S/c1-2-12-19-20-15(23-12)18-14(21)16-8-11-9-22-13(17-11)10-6-4-3-5-7-10/h3-7,9H,2,8H2,1H3,(H2,16,18,20,21). The van der Waals surface area contributed by atoms with Crippen LogP contribution in [0, 0.1) is 0 Å². The van der Waals surface area contributed by atoms with Crippen molar-refractivity contribution in [1.82, 2.24) is 20.5 Å². The summed E-state index contributed by atoms with van der Waals surface area (Å²) in [7, 11) is 0. The molecule has 0 saturated heterocycles. The van der Waals surface area contributed by atoms with Gasteiger partial charge in [0.25, 0.3) is 0 Å². The zero-order valence-electron chi connectivity index (χ0n) is 12.4. The number of urea groups is 1.